The Morgan fingerprint density at radius 3 is 2.06 bits per heavy atom. The van der Waals surface area contributed by atoms with Crippen LogP contribution >= 0.6 is 0 Å². The Hall–Kier alpha value is -3.56. The first kappa shape index (κ1) is 24.6. The first-order valence-corrected chi connectivity index (χ1v) is 11.0. The molecule has 2 atom stereocenters. The molecule has 1 aliphatic carbocycles. The van der Waals surface area contributed by atoms with Gasteiger partial charge in [-0.25, -0.2) is 4.79 Å². The zero-order chi connectivity index (χ0) is 25.0. The van der Waals surface area contributed by atoms with Crippen molar-refractivity contribution in [3.8, 4) is 16.9 Å². The standard InChI is InChI=1S/C26H24F3NO5/c27-26(28,29)15-35-17-11-9-16(10-12-17)24(32)23(31)13-30-25(33)34-14-22-20-7-3-1-5-18(20)19-6-2-4-8-21(19)22/h1-12,22-24,31-32H,13-15H2,(H,30,33). The van der Waals surface area contributed by atoms with Gasteiger partial charge in [0.15, 0.2) is 6.61 Å². The third-order valence-corrected chi connectivity index (χ3v) is 5.79. The van der Waals surface area contributed by atoms with E-state index in [1.807, 2.05) is 48.5 Å². The number of benzene rings is 3. The highest BCUT2D eigenvalue weighted by Gasteiger charge is 2.30. The molecule has 0 spiro atoms. The second-order valence-electron chi connectivity index (χ2n) is 8.19. The number of amides is 1. The molecule has 0 aliphatic heterocycles. The molecule has 3 N–H and O–H groups in total. The molecule has 3 aromatic rings. The Morgan fingerprint density at radius 2 is 1.49 bits per heavy atom. The van der Waals surface area contributed by atoms with E-state index in [0.717, 1.165) is 22.3 Å². The molecule has 35 heavy (non-hydrogen) atoms. The van der Waals surface area contributed by atoms with Crippen LogP contribution in [0.25, 0.3) is 11.1 Å². The van der Waals surface area contributed by atoms with Crippen LogP contribution in [0.4, 0.5) is 18.0 Å². The van der Waals surface area contributed by atoms with E-state index >= 15 is 0 Å². The molecule has 1 amide bonds. The summed E-state index contributed by atoms with van der Waals surface area (Å²) in [6.45, 7) is -1.61. The minimum Gasteiger partial charge on any atom is -0.484 e. The molecule has 0 saturated carbocycles. The molecule has 0 radical (unpaired) electrons. The number of aliphatic hydroxyl groups excluding tert-OH is 2. The third kappa shape index (κ3) is 5.93. The second kappa shape index (κ2) is 10.4. The Labute approximate surface area is 199 Å². The zero-order valence-corrected chi connectivity index (χ0v) is 18.5. The van der Waals surface area contributed by atoms with E-state index < -0.39 is 31.1 Å². The predicted octanol–water partition coefficient (Wildman–Crippen LogP) is 4.56. The topological polar surface area (TPSA) is 88.0 Å². The number of aliphatic hydroxyl groups is 2. The lowest BCUT2D eigenvalue weighted by atomic mass is 9.98. The van der Waals surface area contributed by atoms with Crippen LogP contribution in [0.5, 0.6) is 5.75 Å². The van der Waals surface area contributed by atoms with Gasteiger partial charge in [0.2, 0.25) is 0 Å². The number of nitrogens with one attached hydrogen (secondary N) is 1. The van der Waals surface area contributed by atoms with Gasteiger partial charge in [0.05, 0.1) is 0 Å². The van der Waals surface area contributed by atoms with Crippen molar-refractivity contribution < 1.29 is 37.7 Å². The summed E-state index contributed by atoms with van der Waals surface area (Å²) in [7, 11) is 0. The predicted molar refractivity (Wildman–Crippen MR) is 122 cm³/mol. The smallest absolute Gasteiger partial charge is 0.422 e. The number of alkyl halides is 3. The van der Waals surface area contributed by atoms with Crippen molar-refractivity contribution in [3.63, 3.8) is 0 Å². The number of halogens is 3. The Balaban J connectivity index is 1.27. The fourth-order valence-electron chi connectivity index (χ4n) is 4.10. The molecule has 184 valence electrons. The molecule has 6 nitrogen and oxygen atoms in total. The summed E-state index contributed by atoms with van der Waals surface area (Å²) < 4.78 is 46.7. The van der Waals surface area contributed by atoms with E-state index in [9.17, 15) is 28.2 Å². The number of ether oxygens (including phenoxy) is 2. The number of alkyl carbamates (subject to hydrolysis) is 1. The number of carbonyl (C=O) groups is 1. The van der Waals surface area contributed by atoms with Gasteiger partial charge in [-0.15, -0.1) is 0 Å². The summed E-state index contributed by atoms with van der Waals surface area (Å²) in [6.07, 6.45) is -7.94. The monoisotopic (exact) mass is 487 g/mol. The van der Waals surface area contributed by atoms with Gasteiger partial charge in [0.1, 0.15) is 24.6 Å². The molecule has 2 unspecified atom stereocenters. The zero-order valence-electron chi connectivity index (χ0n) is 18.5. The van der Waals surface area contributed by atoms with E-state index in [2.05, 4.69) is 10.1 Å². The van der Waals surface area contributed by atoms with Crippen molar-refractivity contribution in [1.29, 1.82) is 0 Å². The number of carbonyl (C=O) groups excluding carboxylic acids is 1. The minimum atomic E-state index is -4.46. The van der Waals surface area contributed by atoms with E-state index in [0.29, 0.717) is 0 Å². The van der Waals surface area contributed by atoms with Crippen molar-refractivity contribution in [2.45, 2.75) is 24.3 Å². The fourth-order valence-corrected chi connectivity index (χ4v) is 4.10. The Kier molecular flexibility index (Phi) is 7.28. The summed E-state index contributed by atoms with van der Waals surface area (Å²) in [5.41, 5.74) is 4.60. The van der Waals surface area contributed by atoms with Gasteiger partial charge >= 0.3 is 12.3 Å². The minimum absolute atomic E-state index is 0.0236. The van der Waals surface area contributed by atoms with E-state index in [-0.39, 0.29) is 30.4 Å². The largest absolute Gasteiger partial charge is 0.484 e. The van der Waals surface area contributed by atoms with Gasteiger partial charge in [-0.2, -0.15) is 13.2 Å². The van der Waals surface area contributed by atoms with Crippen molar-refractivity contribution in [3.05, 3.63) is 89.5 Å². The first-order valence-electron chi connectivity index (χ1n) is 11.0. The summed E-state index contributed by atoms with van der Waals surface area (Å²) in [5, 5.41) is 23.0. The molecular weight excluding hydrogens is 463 g/mol. The van der Waals surface area contributed by atoms with Gasteiger partial charge in [-0.1, -0.05) is 60.7 Å². The van der Waals surface area contributed by atoms with Crippen molar-refractivity contribution in [2.75, 3.05) is 19.8 Å². The average Bonchev–Trinajstić information content (AvgIpc) is 3.18. The molecule has 3 aromatic carbocycles. The summed E-state index contributed by atoms with van der Waals surface area (Å²) in [4.78, 5) is 12.3. The van der Waals surface area contributed by atoms with Gasteiger partial charge < -0.3 is 25.0 Å². The lowest BCUT2D eigenvalue weighted by Crippen LogP contribution is -2.36. The molecule has 0 fully saturated rings. The number of fused-ring (bicyclic) bond motifs is 3. The van der Waals surface area contributed by atoms with E-state index in [1.165, 1.54) is 24.3 Å². The molecule has 1 aliphatic rings. The van der Waals surface area contributed by atoms with E-state index in [1.54, 1.807) is 0 Å². The van der Waals surface area contributed by atoms with Crippen LogP contribution in [0.3, 0.4) is 0 Å². The van der Waals surface area contributed by atoms with E-state index in [4.69, 9.17) is 4.74 Å². The lowest BCUT2D eigenvalue weighted by molar-refractivity contribution is -0.153. The Bertz CT molecular complexity index is 1120. The van der Waals surface area contributed by atoms with Crippen LogP contribution in [0.1, 0.15) is 28.7 Å². The molecule has 9 heteroatoms. The van der Waals surface area contributed by atoms with Crippen LogP contribution < -0.4 is 10.1 Å². The maximum Gasteiger partial charge on any atom is 0.422 e. The van der Waals surface area contributed by atoms with Crippen molar-refractivity contribution in [1.82, 2.24) is 5.32 Å². The molecule has 0 saturated heterocycles. The Morgan fingerprint density at radius 1 is 0.914 bits per heavy atom. The summed E-state index contributed by atoms with van der Waals surface area (Å²) in [6, 6.07) is 21.0. The van der Waals surface area contributed by atoms with Crippen LogP contribution in [-0.4, -0.2) is 48.3 Å². The number of rotatable bonds is 8. The average molecular weight is 487 g/mol. The number of hydrogen-bond donors (Lipinski definition) is 3. The van der Waals surface area contributed by atoms with Crippen LogP contribution in [-0.2, 0) is 4.74 Å². The van der Waals surface area contributed by atoms with Crippen LogP contribution in [0.2, 0.25) is 0 Å². The molecular formula is C26H24F3NO5. The molecule has 0 heterocycles. The summed E-state index contributed by atoms with van der Waals surface area (Å²) in [5.74, 6) is -0.133. The second-order valence-corrected chi connectivity index (χ2v) is 8.19. The van der Waals surface area contributed by atoms with Crippen molar-refractivity contribution in [2.24, 2.45) is 0 Å². The van der Waals surface area contributed by atoms with Gasteiger partial charge in [0.25, 0.3) is 0 Å². The highest BCUT2D eigenvalue weighted by atomic mass is 19.4. The number of hydrogen-bond acceptors (Lipinski definition) is 5. The maximum atomic E-state index is 12.3. The van der Waals surface area contributed by atoms with Gasteiger partial charge in [0, 0.05) is 12.5 Å². The highest BCUT2D eigenvalue weighted by Crippen LogP contribution is 2.44. The normalized spacial score (nSPS) is 14.5. The lowest BCUT2D eigenvalue weighted by Gasteiger charge is -2.20. The molecule has 0 aromatic heterocycles. The quantitative estimate of drug-likeness (QED) is 0.434. The first-order chi connectivity index (χ1) is 16.7. The molecule has 0 bridgehead atoms. The summed E-state index contributed by atoms with van der Waals surface area (Å²) >= 11 is 0. The highest BCUT2D eigenvalue weighted by molar-refractivity contribution is 5.79. The van der Waals surface area contributed by atoms with Crippen LogP contribution in [0, 0.1) is 0 Å². The third-order valence-electron chi connectivity index (χ3n) is 5.79. The van der Waals surface area contributed by atoms with Crippen LogP contribution in [0.15, 0.2) is 72.8 Å². The maximum absolute atomic E-state index is 12.3. The fraction of sp³-hybridized carbons (Fsp3) is 0.269. The molecule has 4 rings (SSSR count). The van der Waals surface area contributed by atoms with Gasteiger partial charge in [-0.3, -0.25) is 0 Å². The van der Waals surface area contributed by atoms with Gasteiger partial charge in [-0.05, 0) is 39.9 Å². The SMILES string of the molecule is O=C(NCC(O)C(O)c1ccc(OCC(F)(F)F)cc1)OCC1c2ccccc2-c2ccccc21. The van der Waals surface area contributed by atoms with Crippen molar-refractivity contribution >= 4 is 6.09 Å².